The molecule has 1 aliphatic heterocycles. The van der Waals surface area contributed by atoms with Crippen LogP contribution in [0.2, 0.25) is 0 Å². The highest BCUT2D eigenvalue weighted by Gasteiger charge is 2.29. The lowest BCUT2D eigenvalue weighted by atomic mass is 9.87. The Morgan fingerprint density at radius 2 is 1.92 bits per heavy atom. The SMILES string of the molecule is O=C(O)COCC(=O)N1CCC(C(O)c2cc(F)ccc2F)CC1. The molecule has 0 aromatic heterocycles. The molecule has 1 heterocycles. The fraction of sp³-hybridized carbons (Fsp3) is 0.500. The number of carboxylic acids is 1. The molecule has 1 fully saturated rings. The van der Waals surface area contributed by atoms with Crippen LogP contribution in [0.25, 0.3) is 0 Å². The number of halogens is 2. The summed E-state index contributed by atoms with van der Waals surface area (Å²) in [6.07, 6.45) is -0.273. The number of aliphatic hydroxyl groups is 1. The Bertz CT molecular complexity index is 602. The van der Waals surface area contributed by atoms with E-state index in [1.54, 1.807) is 0 Å². The summed E-state index contributed by atoms with van der Waals surface area (Å²) in [6, 6.07) is 2.95. The minimum Gasteiger partial charge on any atom is -0.480 e. The van der Waals surface area contributed by atoms with Gasteiger partial charge >= 0.3 is 5.97 Å². The highest BCUT2D eigenvalue weighted by atomic mass is 19.1. The molecule has 6 nitrogen and oxygen atoms in total. The number of aliphatic hydroxyl groups excluding tert-OH is 1. The van der Waals surface area contributed by atoms with Crippen molar-refractivity contribution < 1.29 is 33.3 Å². The lowest BCUT2D eigenvalue weighted by molar-refractivity contribution is -0.146. The van der Waals surface area contributed by atoms with E-state index in [1.807, 2.05) is 0 Å². The summed E-state index contributed by atoms with van der Waals surface area (Å²) < 4.78 is 31.7. The number of amides is 1. The van der Waals surface area contributed by atoms with Gasteiger partial charge in [0.15, 0.2) is 0 Å². The summed E-state index contributed by atoms with van der Waals surface area (Å²) in [6.45, 7) is -0.181. The van der Waals surface area contributed by atoms with E-state index in [-0.39, 0.29) is 24.0 Å². The first kappa shape index (κ1) is 18.3. The zero-order valence-electron chi connectivity index (χ0n) is 13.0. The Hall–Kier alpha value is -2.06. The lowest BCUT2D eigenvalue weighted by Gasteiger charge is -2.34. The molecule has 1 aromatic carbocycles. The maximum atomic E-state index is 13.7. The molecular weight excluding hydrogens is 324 g/mol. The number of hydrogen-bond acceptors (Lipinski definition) is 4. The first-order chi connectivity index (χ1) is 11.4. The van der Waals surface area contributed by atoms with Crippen LogP contribution >= 0.6 is 0 Å². The summed E-state index contributed by atoms with van der Waals surface area (Å²) >= 11 is 0. The van der Waals surface area contributed by atoms with E-state index in [4.69, 9.17) is 9.84 Å². The van der Waals surface area contributed by atoms with Gasteiger partial charge < -0.3 is 19.8 Å². The largest absolute Gasteiger partial charge is 0.480 e. The Morgan fingerprint density at radius 1 is 1.25 bits per heavy atom. The molecule has 24 heavy (non-hydrogen) atoms. The van der Waals surface area contributed by atoms with Gasteiger partial charge in [0.2, 0.25) is 5.91 Å². The van der Waals surface area contributed by atoms with E-state index in [9.17, 15) is 23.5 Å². The fourth-order valence-electron chi connectivity index (χ4n) is 2.78. The van der Waals surface area contributed by atoms with Gasteiger partial charge in [-0.1, -0.05) is 0 Å². The van der Waals surface area contributed by atoms with Crippen molar-refractivity contribution in [1.29, 1.82) is 0 Å². The maximum absolute atomic E-state index is 13.7. The first-order valence-corrected chi connectivity index (χ1v) is 7.59. The van der Waals surface area contributed by atoms with Gasteiger partial charge in [-0.2, -0.15) is 0 Å². The van der Waals surface area contributed by atoms with Crippen LogP contribution in [-0.2, 0) is 14.3 Å². The van der Waals surface area contributed by atoms with Gasteiger partial charge in [0, 0.05) is 18.7 Å². The van der Waals surface area contributed by atoms with E-state index in [1.165, 1.54) is 4.90 Å². The standard InChI is InChI=1S/C16H19F2NO5/c17-11-1-2-13(18)12(7-11)16(23)10-3-5-19(6-4-10)14(20)8-24-9-15(21)22/h1-2,7,10,16,23H,3-6,8-9H2,(H,21,22). The molecule has 1 unspecified atom stereocenters. The highest BCUT2D eigenvalue weighted by molar-refractivity contribution is 5.78. The second-order valence-corrected chi connectivity index (χ2v) is 5.72. The fourth-order valence-corrected chi connectivity index (χ4v) is 2.78. The predicted molar refractivity (Wildman–Crippen MR) is 79.1 cm³/mol. The van der Waals surface area contributed by atoms with Crippen molar-refractivity contribution in [2.45, 2.75) is 18.9 Å². The summed E-state index contributed by atoms with van der Waals surface area (Å²) in [7, 11) is 0. The Kier molecular flexibility index (Phi) is 6.22. The molecule has 0 bridgehead atoms. The van der Waals surface area contributed by atoms with Crippen molar-refractivity contribution in [2.24, 2.45) is 5.92 Å². The van der Waals surface area contributed by atoms with Crippen LogP contribution in [0.5, 0.6) is 0 Å². The topological polar surface area (TPSA) is 87.1 Å². The summed E-state index contributed by atoms with van der Waals surface area (Å²) in [4.78, 5) is 23.7. The van der Waals surface area contributed by atoms with Crippen LogP contribution in [0.15, 0.2) is 18.2 Å². The zero-order chi connectivity index (χ0) is 17.7. The molecule has 1 atom stereocenters. The van der Waals surface area contributed by atoms with Gasteiger partial charge in [-0.3, -0.25) is 4.79 Å². The number of nitrogens with zero attached hydrogens (tertiary/aromatic N) is 1. The summed E-state index contributed by atoms with van der Waals surface area (Å²) in [5, 5.41) is 18.7. The van der Waals surface area contributed by atoms with E-state index < -0.39 is 30.3 Å². The highest BCUT2D eigenvalue weighted by Crippen LogP contribution is 2.32. The second-order valence-electron chi connectivity index (χ2n) is 5.72. The number of hydrogen-bond donors (Lipinski definition) is 2. The van der Waals surface area contributed by atoms with Crippen LogP contribution < -0.4 is 0 Å². The molecule has 2 N–H and O–H groups in total. The van der Waals surface area contributed by atoms with E-state index in [0.29, 0.717) is 25.9 Å². The minimum absolute atomic E-state index is 0.0791. The van der Waals surface area contributed by atoms with Crippen molar-refractivity contribution in [1.82, 2.24) is 4.90 Å². The number of carbonyl (C=O) groups excluding carboxylic acids is 1. The molecule has 132 valence electrons. The average molecular weight is 343 g/mol. The van der Waals surface area contributed by atoms with Gasteiger partial charge in [-0.15, -0.1) is 0 Å². The number of rotatable bonds is 6. The number of carboxylic acid groups (broad SMARTS) is 1. The molecule has 2 rings (SSSR count). The molecule has 1 saturated heterocycles. The third-order valence-electron chi connectivity index (χ3n) is 4.07. The van der Waals surface area contributed by atoms with Gasteiger partial charge in [-0.25, -0.2) is 13.6 Å². The Morgan fingerprint density at radius 3 is 2.54 bits per heavy atom. The quantitative estimate of drug-likeness (QED) is 0.814. The Labute approximate surface area is 137 Å². The van der Waals surface area contributed by atoms with Crippen molar-refractivity contribution in [3.63, 3.8) is 0 Å². The van der Waals surface area contributed by atoms with E-state index in [0.717, 1.165) is 18.2 Å². The van der Waals surface area contributed by atoms with Crippen LogP contribution in [0.4, 0.5) is 8.78 Å². The molecule has 1 aromatic rings. The van der Waals surface area contributed by atoms with Crippen molar-refractivity contribution >= 4 is 11.9 Å². The van der Waals surface area contributed by atoms with Gasteiger partial charge in [0.05, 0.1) is 6.10 Å². The zero-order valence-corrected chi connectivity index (χ0v) is 13.0. The number of likely N-dealkylation sites (tertiary alicyclic amines) is 1. The van der Waals surface area contributed by atoms with Crippen LogP contribution in [0, 0.1) is 17.6 Å². The molecule has 1 aliphatic rings. The number of carbonyl (C=O) groups is 2. The van der Waals surface area contributed by atoms with E-state index in [2.05, 4.69) is 0 Å². The number of benzene rings is 1. The third-order valence-corrected chi connectivity index (χ3v) is 4.07. The van der Waals surface area contributed by atoms with Gasteiger partial charge in [0.1, 0.15) is 24.8 Å². The van der Waals surface area contributed by atoms with Crippen LogP contribution in [0.3, 0.4) is 0 Å². The molecule has 0 spiro atoms. The first-order valence-electron chi connectivity index (χ1n) is 7.59. The maximum Gasteiger partial charge on any atom is 0.329 e. The third kappa shape index (κ3) is 4.72. The van der Waals surface area contributed by atoms with Crippen LogP contribution in [0.1, 0.15) is 24.5 Å². The summed E-state index contributed by atoms with van der Waals surface area (Å²) in [5.74, 6) is -3.05. The monoisotopic (exact) mass is 343 g/mol. The predicted octanol–water partition coefficient (Wildman–Crippen LogP) is 1.34. The molecule has 1 amide bonds. The minimum atomic E-state index is -1.15. The van der Waals surface area contributed by atoms with Crippen molar-refractivity contribution in [3.05, 3.63) is 35.4 Å². The smallest absolute Gasteiger partial charge is 0.329 e. The van der Waals surface area contributed by atoms with Crippen molar-refractivity contribution in [3.8, 4) is 0 Å². The summed E-state index contributed by atoms with van der Waals surface area (Å²) in [5.41, 5.74) is -0.0791. The molecule has 0 aliphatic carbocycles. The molecule has 0 saturated carbocycles. The molecular formula is C16H19F2NO5. The van der Waals surface area contributed by atoms with Gasteiger partial charge in [0.25, 0.3) is 0 Å². The molecule has 8 heteroatoms. The number of piperidine rings is 1. The van der Waals surface area contributed by atoms with Crippen LogP contribution in [-0.4, -0.2) is 53.3 Å². The lowest BCUT2D eigenvalue weighted by Crippen LogP contribution is -2.41. The molecule has 0 radical (unpaired) electrons. The number of ether oxygens (including phenoxy) is 1. The van der Waals surface area contributed by atoms with Crippen molar-refractivity contribution in [2.75, 3.05) is 26.3 Å². The average Bonchev–Trinajstić information content (AvgIpc) is 2.56. The van der Waals surface area contributed by atoms with E-state index >= 15 is 0 Å². The second kappa shape index (κ2) is 8.16. The van der Waals surface area contributed by atoms with Gasteiger partial charge in [-0.05, 0) is 37.0 Å². The Balaban J connectivity index is 1.86. The normalized spacial score (nSPS) is 16.9. The number of aliphatic carboxylic acids is 1.